The molecule has 3 rings (SSSR count). The van der Waals surface area contributed by atoms with Crippen molar-refractivity contribution in [3.05, 3.63) is 40.5 Å². The van der Waals surface area contributed by atoms with Crippen LogP contribution in [0.15, 0.2) is 49.6 Å². The third-order valence-corrected chi connectivity index (χ3v) is 4.74. The molecule has 6 heteroatoms. The topological polar surface area (TPSA) is 64.9 Å². The first kappa shape index (κ1) is 12.5. The maximum absolute atomic E-state index is 5.72. The molecular formula is C13H10BrN3OS. The van der Waals surface area contributed by atoms with Crippen LogP contribution in [0.3, 0.4) is 0 Å². The Balaban J connectivity index is 1.99. The van der Waals surface area contributed by atoms with Crippen LogP contribution in [0, 0.1) is 6.92 Å². The van der Waals surface area contributed by atoms with Crippen LogP contribution >= 0.6 is 27.7 Å². The molecule has 2 N–H and O–H groups in total. The fraction of sp³-hybridized carbons (Fsp3) is 0.0769. The minimum atomic E-state index is 0.555. The molecule has 0 radical (unpaired) electrons. The van der Waals surface area contributed by atoms with Gasteiger partial charge >= 0.3 is 0 Å². The summed E-state index contributed by atoms with van der Waals surface area (Å²) >= 11 is 4.90. The van der Waals surface area contributed by atoms with E-state index in [4.69, 9.17) is 10.2 Å². The molecule has 0 unspecified atom stereocenters. The maximum Gasteiger partial charge on any atom is 0.263 e. The van der Waals surface area contributed by atoms with Crippen molar-refractivity contribution in [1.82, 2.24) is 9.97 Å². The summed E-state index contributed by atoms with van der Waals surface area (Å²) in [4.78, 5) is 8.71. The molecule has 0 amide bonds. The number of fused-ring (bicyclic) bond motifs is 1. The van der Waals surface area contributed by atoms with Crippen LogP contribution < -0.4 is 5.73 Å². The van der Waals surface area contributed by atoms with Gasteiger partial charge in [0.2, 0.25) is 0 Å². The van der Waals surface area contributed by atoms with Gasteiger partial charge in [-0.05, 0) is 64.4 Å². The summed E-state index contributed by atoms with van der Waals surface area (Å²) in [6.07, 6.45) is 1.77. The highest BCUT2D eigenvalue weighted by Gasteiger charge is 2.12. The van der Waals surface area contributed by atoms with Crippen LogP contribution in [0.2, 0.25) is 0 Å². The molecule has 0 aliphatic carbocycles. The number of benzene rings is 1. The second-order valence-corrected chi connectivity index (χ2v) is 5.79. The molecule has 0 aliphatic heterocycles. The highest BCUT2D eigenvalue weighted by molar-refractivity contribution is 9.10. The van der Waals surface area contributed by atoms with Gasteiger partial charge in [0.05, 0.1) is 4.47 Å². The summed E-state index contributed by atoms with van der Waals surface area (Å²) in [5.74, 6) is 0. The molecule has 0 spiro atoms. The minimum absolute atomic E-state index is 0.555. The molecular weight excluding hydrogens is 326 g/mol. The first-order chi connectivity index (χ1) is 9.13. The SMILES string of the molecule is Cc1ccnc(Sc2nc3cc(N)ccc3o2)c1Br. The van der Waals surface area contributed by atoms with Crippen molar-refractivity contribution in [3.63, 3.8) is 0 Å². The van der Waals surface area contributed by atoms with Crippen molar-refractivity contribution in [3.8, 4) is 0 Å². The molecule has 0 atom stereocenters. The van der Waals surface area contributed by atoms with Gasteiger partial charge in [0.15, 0.2) is 5.58 Å². The summed E-state index contributed by atoms with van der Waals surface area (Å²) in [7, 11) is 0. The molecule has 19 heavy (non-hydrogen) atoms. The van der Waals surface area contributed by atoms with Crippen molar-refractivity contribution >= 4 is 44.5 Å². The lowest BCUT2D eigenvalue weighted by Gasteiger charge is -2.02. The van der Waals surface area contributed by atoms with E-state index in [0.29, 0.717) is 10.9 Å². The zero-order valence-corrected chi connectivity index (χ0v) is 12.5. The third-order valence-electron chi connectivity index (χ3n) is 2.63. The summed E-state index contributed by atoms with van der Waals surface area (Å²) in [5.41, 5.74) is 9.00. The Bertz CT molecular complexity index is 757. The molecule has 3 aromatic rings. The zero-order chi connectivity index (χ0) is 13.4. The average Bonchev–Trinajstić information content (AvgIpc) is 2.76. The van der Waals surface area contributed by atoms with Crippen LogP contribution in [-0.2, 0) is 0 Å². The largest absolute Gasteiger partial charge is 0.431 e. The van der Waals surface area contributed by atoms with Gasteiger partial charge in [0, 0.05) is 11.9 Å². The molecule has 96 valence electrons. The van der Waals surface area contributed by atoms with Crippen molar-refractivity contribution < 1.29 is 4.42 Å². The lowest BCUT2D eigenvalue weighted by molar-refractivity contribution is 0.489. The Hall–Kier alpha value is -1.53. The van der Waals surface area contributed by atoms with E-state index in [0.717, 1.165) is 26.2 Å². The molecule has 2 aromatic heterocycles. The van der Waals surface area contributed by atoms with E-state index in [1.54, 1.807) is 18.3 Å². The number of nitrogens with zero attached hydrogens (tertiary/aromatic N) is 2. The fourth-order valence-corrected chi connectivity index (χ4v) is 2.92. The van der Waals surface area contributed by atoms with Gasteiger partial charge in [-0.3, -0.25) is 0 Å². The van der Waals surface area contributed by atoms with Gasteiger partial charge < -0.3 is 10.2 Å². The first-order valence-electron chi connectivity index (χ1n) is 5.58. The van der Waals surface area contributed by atoms with Crippen LogP contribution in [0.1, 0.15) is 5.56 Å². The number of hydrogen-bond donors (Lipinski definition) is 1. The van der Waals surface area contributed by atoms with Crippen molar-refractivity contribution in [2.75, 3.05) is 5.73 Å². The molecule has 0 fully saturated rings. The summed E-state index contributed by atoms with van der Waals surface area (Å²) in [6, 6.07) is 7.35. The summed E-state index contributed by atoms with van der Waals surface area (Å²) in [5, 5.41) is 1.39. The zero-order valence-electron chi connectivity index (χ0n) is 10.1. The van der Waals surface area contributed by atoms with Gasteiger partial charge in [0.25, 0.3) is 5.22 Å². The van der Waals surface area contributed by atoms with Crippen LogP contribution in [-0.4, -0.2) is 9.97 Å². The molecule has 1 aromatic carbocycles. The standard InChI is InChI=1S/C13H10BrN3OS/c1-7-4-5-16-12(11(7)14)19-13-17-9-6-8(15)2-3-10(9)18-13/h2-6H,15H2,1H3. The number of aryl methyl sites for hydroxylation is 1. The Kier molecular flexibility index (Phi) is 3.20. The summed E-state index contributed by atoms with van der Waals surface area (Å²) < 4.78 is 6.62. The predicted molar refractivity (Wildman–Crippen MR) is 79.2 cm³/mol. The Morgan fingerprint density at radius 1 is 1.32 bits per heavy atom. The van der Waals surface area contributed by atoms with Crippen molar-refractivity contribution in [2.24, 2.45) is 0 Å². The summed E-state index contributed by atoms with van der Waals surface area (Å²) in [6.45, 7) is 2.02. The Morgan fingerprint density at radius 2 is 2.16 bits per heavy atom. The molecule has 0 saturated heterocycles. The van der Waals surface area contributed by atoms with E-state index < -0.39 is 0 Å². The molecule has 2 heterocycles. The van der Waals surface area contributed by atoms with Crippen molar-refractivity contribution in [2.45, 2.75) is 17.2 Å². The number of anilines is 1. The van der Waals surface area contributed by atoms with E-state index in [1.807, 2.05) is 19.1 Å². The van der Waals surface area contributed by atoms with E-state index in [9.17, 15) is 0 Å². The quantitative estimate of drug-likeness (QED) is 0.716. The predicted octanol–water partition coefficient (Wildman–Crippen LogP) is 4.03. The van der Waals surface area contributed by atoms with Gasteiger partial charge in [0.1, 0.15) is 10.5 Å². The lowest BCUT2D eigenvalue weighted by Crippen LogP contribution is -1.85. The number of nitrogen functional groups attached to an aromatic ring is 1. The Morgan fingerprint density at radius 3 is 3.00 bits per heavy atom. The highest BCUT2D eigenvalue weighted by atomic mass is 79.9. The number of oxazole rings is 1. The van der Waals surface area contributed by atoms with Gasteiger partial charge in [-0.2, -0.15) is 0 Å². The smallest absolute Gasteiger partial charge is 0.263 e. The van der Waals surface area contributed by atoms with Gasteiger partial charge in [-0.1, -0.05) is 0 Å². The van der Waals surface area contributed by atoms with Crippen molar-refractivity contribution in [1.29, 1.82) is 0 Å². The number of hydrogen-bond acceptors (Lipinski definition) is 5. The average molecular weight is 336 g/mol. The first-order valence-corrected chi connectivity index (χ1v) is 7.19. The normalized spacial score (nSPS) is 11.1. The second kappa shape index (κ2) is 4.86. The number of pyridine rings is 1. The van der Waals surface area contributed by atoms with Gasteiger partial charge in [-0.15, -0.1) is 0 Å². The molecule has 4 nitrogen and oxygen atoms in total. The number of rotatable bonds is 2. The van der Waals surface area contributed by atoms with E-state index >= 15 is 0 Å². The number of aromatic nitrogens is 2. The molecule has 0 aliphatic rings. The lowest BCUT2D eigenvalue weighted by atomic mass is 10.3. The van der Waals surface area contributed by atoms with E-state index in [-0.39, 0.29) is 0 Å². The fourth-order valence-electron chi connectivity index (χ4n) is 1.64. The molecule has 0 saturated carbocycles. The second-order valence-electron chi connectivity index (χ2n) is 4.06. The van der Waals surface area contributed by atoms with E-state index in [2.05, 4.69) is 25.9 Å². The monoisotopic (exact) mass is 335 g/mol. The van der Waals surface area contributed by atoms with Crippen LogP contribution in [0.5, 0.6) is 0 Å². The van der Waals surface area contributed by atoms with Crippen LogP contribution in [0.4, 0.5) is 5.69 Å². The Labute approximate surface area is 122 Å². The number of halogens is 1. The highest BCUT2D eigenvalue weighted by Crippen LogP contribution is 2.34. The minimum Gasteiger partial charge on any atom is -0.431 e. The third kappa shape index (κ3) is 2.46. The van der Waals surface area contributed by atoms with Gasteiger partial charge in [-0.25, -0.2) is 9.97 Å². The maximum atomic E-state index is 5.72. The molecule has 0 bridgehead atoms. The van der Waals surface area contributed by atoms with Crippen LogP contribution in [0.25, 0.3) is 11.1 Å². The number of nitrogens with two attached hydrogens (primary N) is 1. The van der Waals surface area contributed by atoms with E-state index in [1.165, 1.54) is 11.8 Å².